The summed E-state index contributed by atoms with van der Waals surface area (Å²) in [4.78, 5) is 25.1. The Morgan fingerprint density at radius 2 is 1.96 bits per heavy atom. The Hall–Kier alpha value is -3.06. The zero-order valence-corrected chi connectivity index (χ0v) is 15.9. The lowest BCUT2D eigenvalue weighted by Crippen LogP contribution is -2.21. The van der Waals surface area contributed by atoms with Gasteiger partial charge in [-0.05, 0) is 48.9 Å². The fourth-order valence-electron chi connectivity index (χ4n) is 2.42. The molecule has 3 rings (SSSR count). The van der Waals surface area contributed by atoms with E-state index in [0.717, 1.165) is 11.3 Å². The van der Waals surface area contributed by atoms with Gasteiger partial charge in [0.2, 0.25) is 0 Å². The van der Waals surface area contributed by atoms with Crippen LogP contribution >= 0.6 is 11.8 Å². The van der Waals surface area contributed by atoms with E-state index in [9.17, 15) is 14.0 Å². The molecule has 1 heterocycles. The molecular weight excluding hydrogens is 381 g/mol. The molecule has 0 aliphatic heterocycles. The molecule has 0 saturated carbocycles. The number of esters is 1. The maximum atomic E-state index is 13.8. The van der Waals surface area contributed by atoms with E-state index in [1.54, 1.807) is 43.5 Å². The number of carbonyl (C=O) groups is 2. The number of hydrogen-bond acceptors (Lipinski definition) is 5. The minimum atomic E-state index is -0.623. The number of aryl methyl sites for hydroxylation is 1. The highest BCUT2D eigenvalue weighted by Crippen LogP contribution is 2.27. The number of ether oxygens (including phenoxy) is 1. The van der Waals surface area contributed by atoms with Crippen molar-refractivity contribution in [3.63, 3.8) is 0 Å². The molecule has 7 heteroatoms. The van der Waals surface area contributed by atoms with Crippen LogP contribution < -0.4 is 5.32 Å². The standard InChI is InChI=1S/C21H18FNO4S/c1-14-8-9-18(17(22)11-14)23-20(24)12-27-21(25)16-6-2-3-7-19(16)28-13-15-5-4-10-26-15/h2-11H,12-13H2,1H3,(H,23,24). The van der Waals surface area contributed by atoms with Gasteiger partial charge >= 0.3 is 5.97 Å². The normalized spacial score (nSPS) is 10.5. The Morgan fingerprint density at radius 1 is 1.14 bits per heavy atom. The van der Waals surface area contributed by atoms with E-state index in [0.29, 0.717) is 16.2 Å². The second-order valence-corrected chi connectivity index (χ2v) is 6.99. The summed E-state index contributed by atoms with van der Waals surface area (Å²) in [5.74, 6) is -0.435. The Labute approximate surface area is 165 Å². The second-order valence-electron chi connectivity index (χ2n) is 5.97. The SMILES string of the molecule is Cc1ccc(NC(=O)COC(=O)c2ccccc2SCc2ccco2)c(F)c1. The third-order valence-electron chi connectivity index (χ3n) is 3.79. The third-order valence-corrected chi connectivity index (χ3v) is 4.89. The molecule has 0 saturated heterocycles. The first-order chi connectivity index (χ1) is 13.5. The lowest BCUT2D eigenvalue weighted by atomic mass is 10.2. The first-order valence-electron chi connectivity index (χ1n) is 8.50. The van der Waals surface area contributed by atoms with Crippen molar-refractivity contribution in [2.24, 2.45) is 0 Å². The summed E-state index contributed by atoms with van der Waals surface area (Å²) in [6.07, 6.45) is 1.59. The molecule has 0 atom stereocenters. The van der Waals surface area contributed by atoms with Crippen LogP contribution in [0.15, 0.2) is 70.2 Å². The predicted octanol–water partition coefficient (Wildman–Crippen LogP) is 4.81. The van der Waals surface area contributed by atoms with Gasteiger partial charge in [0.05, 0.1) is 23.3 Å². The van der Waals surface area contributed by atoms with Gasteiger partial charge in [-0.1, -0.05) is 18.2 Å². The van der Waals surface area contributed by atoms with Crippen LogP contribution in [-0.2, 0) is 15.3 Å². The summed E-state index contributed by atoms with van der Waals surface area (Å²) in [6.45, 7) is 1.24. The van der Waals surface area contributed by atoms with Crippen molar-refractivity contribution in [1.29, 1.82) is 0 Å². The van der Waals surface area contributed by atoms with Gasteiger partial charge in [0.15, 0.2) is 6.61 Å². The topological polar surface area (TPSA) is 68.5 Å². The molecule has 0 aliphatic rings. The van der Waals surface area contributed by atoms with Gasteiger partial charge in [-0.25, -0.2) is 9.18 Å². The second kappa shape index (κ2) is 9.23. The number of amides is 1. The Kier molecular flexibility index (Phi) is 6.49. The lowest BCUT2D eigenvalue weighted by Gasteiger charge is -2.10. The van der Waals surface area contributed by atoms with E-state index < -0.39 is 24.3 Å². The maximum absolute atomic E-state index is 13.8. The number of carbonyl (C=O) groups excluding carboxylic acids is 2. The molecule has 1 N–H and O–H groups in total. The lowest BCUT2D eigenvalue weighted by molar-refractivity contribution is -0.119. The van der Waals surface area contributed by atoms with Crippen LogP contribution in [0, 0.1) is 12.7 Å². The minimum Gasteiger partial charge on any atom is -0.468 e. The predicted molar refractivity (Wildman–Crippen MR) is 105 cm³/mol. The first kappa shape index (κ1) is 19.7. The molecule has 28 heavy (non-hydrogen) atoms. The number of halogens is 1. The van der Waals surface area contributed by atoms with Gasteiger partial charge in [0, 0.05) is 4.90 Å². The van der Waals surface area contributed by atoms with E-state index in [-0.39, 0.29) is 5.69 Å². The zero-order valence-electron chi connectivity index (χ0n) is 15.1. The number of nitrogens with one attached hydrogen (secondary N) is 1. The molecule has 1 amide bonds. The van der Waals surface area contributed by atoms with Gasteiger partial charge in [-0.2, -0.15) is 0 Å². The largest absolute Gasteiger partial charge is 0.468 e. The van der Waals surface area contributed by atoms with Crippen LogP contribution in [0.4, 0.5) is 10.1 Å². The summed E-state index contributed by atoms with van der Waals surface area (Å²) in [6, 6.07) is 15.1. The molecule has 0 aliphatic carbocycles. The Bertz CT molecular complexity index is 972. The van der Waals surface area contributed by atoms with Crippen LogP contribution in [0.5, 0.6) is 0 Å². The maximum Gasteiger partial charge on any atom is 0.339 e. The molecule has 0 bridgehead atoms. The monoisotopic (exact) mass is 399 g/mol. The van der Waals surface area contributed by atoms with E-state index in [1.165, 1.54) is 23.9 Å². The summed E-state index contributed by atoms with van der Waals surface area (Å²) in [7, 11) is 0. The van der Waals surface area contributed by atoms with Crippen LogP contribution in [0.1, 0.15) is 21.7 Å². The van der Waals surface area contributed by atoms with Crippen LogP contribution in [0.25, 0.3) is 0 Å². The van der Waals surface area contributed by atoms with Gasteiger partial charge in [-0.15, -0.1) is 11.8 Å². The highest BCUT2D eigenvalue weighted by Gasteiger charge is 2.16. The highest BCUT2D eigenvalue weighted by molar-refractivity contribution is 7.98. The fourth-order valence-corrected chi connectivity index (χ4v) is 3.37. The number of hydrogen-bond donors (Lipinski definition) is 1. The molecule has 0 radical (unpaired) electrons. The first-order valence-corrected chi connectivity index (χ1v) is 9.49. The summed E-state index contributed by atoms with van der Waals surface area (Å²) >= 11 is 1.43. The van der Waals surface area contributed by atoms with Gasteiger partial charge in [-0.3, -0.25) is 4.79 Å². The molecule has 1 aromatic heterocycles. The fraction of sp³-hybridized carbons (Fsp3) is 0.143. The third kappa shape index (κ3) is 5.23. The van der Waals surface area contributed by atoms with Crippen LogP contribution in [-0.4, -0.2) is 18.5 Å². The highest BCUT2D eigenvalue weighted by atomic mass is 32.2. The van der Waals surface area contributed by atoms with E-state index in [4.69, 9.17) is 9.15 Å². The Balaban J connectivity index is 1.57. The molecule has 144 valence electrons. The van der Waals surface area contributed by atoms with E-state index >= 15 is 0 Å². The molecule has 0 spiro atoms. The van der Waals surface area contributed by atoms with E-state index in [1.807, 2.05) is 12.1 Å². The summed E-state index contributed by atoms with van der Waals surface area (Å²) in [5, 5.41) is 2.39. The van der Waals surface area contributed by atoms with Gasteiger partial charge in [0.25, 0.3) is 5.91 Å². The summed E-state index contributed by atoms with van der Waals surface area (Å²) in [5.41, 5.74) is 1.14. The van der Waals surface area contributed by atoms with Crippen molar-refractivity contribution in [3.05, 3.63) is 83.6 Å². The molecule has 5 nitrogen and oxygen atoms in total. The minimum absolute atomic E-state index is 0.0426. The van der Waals surface area contributed by atoms with Crippen molar-refractivity contribution in [2.45, 2.75) is 17.6 Å². The number of thioether (sulfide) groups is 1. The van der Waals surface area contributed by atoms with Crippen LogP contribution in [0.3, 0.4) is 0 Å². The number of benzene rings is 2. The van der Waals surface area contributed by atoms with Gasteiger partial charge in [0.1, 0.15) is 11.6 Å². The van der Waals surface area contributed by atoms with Crippen molar-refractivity contribution in [2.75, 3.05) is 11.9 Å². The molecule has 3 aromatic rings. The molecular formula is C21H18FNO4S. The van der Waals surface area contributed by atoms with Crippen molar-refractivity contribution in [3.8, 4) is 0 Å². The molecule has 0 fully saturated rings. The molecule has 0 unspecified atom stereocenters. The van der Waals surface area contributed by atoms with Crippen molar-refractivity contribution in [1.82, 2.24) is 0 Å². The Morgan fingerprint density at radius 3 is 2.71 bits per heavy atom. The van der Waals surface area contributed by atoms with E-state index in [2.05, 4.69) is 5.32 Å². The average Bonchev–Trinajstić information content (AvgIpc) is 3.20. The zero-order chi connectivity index (χ0) is 19.9. The van der Waals surface area contributed by atoms with Crippen LogP contribution in [0.2, 0.25) is 0 Å². The average molecular weight is 399 g/mol. The summed E-state index contributed by atoms with van der Waals surface area (Å²) < 4.78 is 24.2. The van der Waals surface area contributed by atoms with Gasteiger partial charge < -0.3 is 14.5 Å². The molecule has 2 aromatic carbocycles. The number of furan rings is 1. The van der Waals surface area contributed by atoms with Crippen molar-refractivity contribution < 1.29 is 23.1 Å². The quantitative estimate of drug-likeness (QED) is 0.456. The number of rotatable bonds is 7. The van der Waals surface area contributed by atoms with Crippen molar-refractivity contribution >= 4 is 29.3 Å². The smallest absolute Gasteiger partial charge is 0.339 e. The number of anilines is 1.